The van der Waals surface area contributed by atoms with Gasteiger partial charge in [0.1, 0.15) is 5.75 Å². The molecule has 0 aliphatic heterocycles. The van der Waals surface area contributed by atoms with E-state index in [1.807, 2.05) is 0 Å². The van der Waals surface area contributed by atoms with Gasteiger partial charge >= 0.3 is 6.03 Å². The number of hydrogen-bond acceptors (Lipinski definition) is 5. The van der Waals surface area contributed by atoms with Crippen LogP contribution in [0.25, 0.3) is 0 Å². The third kappa shape index (κ3) is 2.54. The summed E-state index contributed by atoms with van der Waals surface area (Å²) in [7, 11) is 0. The molecule has 15 heavy (non-hydrogen) atoms. The van der Waals surface area contributed by atoms with Crippen molar-refractivity contribution in [1.82, 2.24) is 5.43 Å². The van der Waals surface area contributed by atoms with Crippen LogP contribution in [0.2, 0.25) is 0 Å². The second-order valence-corrected chi connectivity index (χ2v) is 2.56. The number of benzene rings is 1. The Bertz CT molecular complexity index is 406. The molecule has 8 heteroatoms. The molecule has 0 aliphatic rings. The number of amides is 2. The Kier molecular flexibility index (Phi) is 3.03. The Labute approximate surface area is 83.8 Å². The highest BCUT2D eigenvalue weighted by Crippen LogP contribution is 2.27. The van der Waals surface area contributed by atoms with Gasteiger partial charge in [-0.15, -0.1) is 0 Å². The predicted octanol–water partition coefficient (Wildman–Crippen LogP) is 0.296. The van der Waals surface area contributed by atoms with Crippen LogP contribution >= 0.6 is 0 Å². The largest absolute Gasteiger partial charge is 0.506 e. The number of hydrazine groups is 1. The number of nitro groups is 1. The Balaban J connectivity index is 2.93. The predicted molar refractivity (Wildman–Crippen MR) is 51.1 cm³/mol. The van der Waals surface area contributed by atoms with Crippen LogP contribution in [0, 0.1) is 10.1 Å². The van der Waals surface area contributed by atoms with Gasteiger partial charge in [-0.3, -0.25) is 15.5 Å². The van der Waals surface area contributed by atoms with Crippen LogP contribution in [-0.2, 0) is 0 Å². The summed E-state index contributed by atoms with van der Waals surface area (Å²) in [6.07, 6.45) is 0. The fourth-order valence-corrected chi connectivity index (χ4v) is 0.898. The summed E-state index contributed by atoms with van der Waals surface area (Å²) >= 11 is 0. The number of nitrogens with two attached hydrogens (primary N) is 1. The van der Waals surface area contributed by atoms with Crippen molar-refractivity contribution in [2.24, 2.45) is 5.84 Å². The normalized spacial score (nSPS) is 9.40. The van der Waals surface area contributed by atoms with Crippen LogP contribution in [-0.4, -0.2) is 16.1 Å². The summed E-state index contributed by atoms with van der Waals surface area (Å²) in [6.45, 7) is 0. The Morgan fingerprint density at radius 1 is 1.53 bits per heavy atom. The molecule has 2 amide bonds. The average molecular weight is 212 g/mol. The van der Waals surface area contributed by atoms with Crippen molar-refractivity contribution in [3.63, 3.8) is 0 Å². The smallest absolute Gasteiger partial charge is 0.333 e. The van der Waals surface area contributed by atoms with Gasteiger partial charge in [0, 0.05) is 6.07 Å². The summed E-state index contributed by atoms with van der Waals surface area (Å²) < 4.78 is 0. The first kappa shape index (κ1) is 10.7. The molecule has 5 N–H and O–H groups in total. The molecule has 0 bridgehead atoms. The zero-order chi connectivity index (χ0) is 11.4. The summed E-state index contributed by atoms with van der Waals surface area (Å²) in [4.78, 5) is 20.4. The summed E-state index contributed by atoms with van der Waals surface area (Å²) in [6, 6.07) is 2.53. The third-order valence-corrected chi connectivity index (χ3v) is 1.57. The SMILES string of the molecule is NNC(=O)Nc1ccc([N+](=O)[O-])cc1O. The van der Waals surface area contributed by atoms with Crippen LogP contribution in [0.3, 0.4) is 0 Å². The lowest BCUT2D eigenvalue weighted by atomic mass is 10.2. The highest BCUT2D eigenvalue weighted by atomic mass is 16.6. The molecule has 0 heterocycles. The number of carbonyl (C=O) groups excluding carboxylic acids is 1. The number of hydrogen-bond donors (Lipinski definition) is 4. The number of nitrogens with one attached hydrogen (secondary N) is 2. The molecule has 1 rings (SSSR count). The van der Waals surface area contributed by atoms with Gasteiger partial charge in [-0.05, 0) is 6.07 Å². The first-order valence-corrected chi connectivity index (χ1v) is 3.79. The van der Waals surface area contributed by atoms with E-state index in [0.717, 1.165) is 12.1 Å². The molecular weight excluding hydrogens is 204 g/mol. The highest BCUT2D eigenvalue weighted by Gasteiger charge is 2.11. The minimum atomic E-state index is -0.737. The fraction of sp³-hybridized carbons (Fsp3) is 0. The van der Waals surface area contributed by atoms with E-state index in [4.69, 9.17) is 5.84 Å². The molecule has 0 aromatic heterocycles. The highest BCUT2D eigenvalue weighted by molar-refractivity contribution is 5.90. The van der Waals surface area contributed by atoms with Crippen molar-refractivity contribution in [2.75, 3.05) is 5.32 Å². The van der Waals surface area contributed by atoms with E-state index in [0.29, 0.717) is 0 Å². The van der Waals surface area contributed by atoms with Crippen molar-refractivity contribution in [1.29, 1.82) is 0 Å². The van der Waals surface area contributed by atoms with E-state index < -0.39 is 16.7 Å². The molecule has 0 unspecified atom stereocenters. The monoisotopic (exact) mass is 212 g/mol. The Morgan fingerprint density at radius 2 is 2.20 bits per heavy atom. The number of carbonyl (C=O) groups is 1. The van der Waals surface area contributed by atoms with Crippen molar-refractivity contribution in [2.45, 2.75) is 0 Å². The lowest BCUT2D eigenvalue weighted by molar-refractivity contribution is -0.384. The number of phenols is 1. The van der Waals surface area contributed by atoms with Crippen molar-refractivity contribution < 1.29 is 14.8 Å². The van der Waals surface area contributed by atoms with Gasteiger partial charge in [0.2, 0.25) is 0 Å². The molecule has 0 saturated carbocycles. The number of phenolic OH excluding ortho intramolecular Hbond substituents is 1. The van der Waals surface area contributed by atoms with Crippen LogP contribution < -0.4 is 16.6 Å². The molecule has 1 aromatic carbocycles. The minimum Gasteiger partial charge on any atom is -0.506 e. The number of aromatic hydroxyl groups is 1. The second-order valence-electron chi connectivity index (χ2n) is 2.56. The van der Waals surface area contributed by atoms with Gasteiger partial charge < -0.3 is 10.4 Å². The molecule has 0 saturated heterocycles. The van der Waals surface area contributed by atoms with E-state index >= 15 is 0 Å². The fourth-order valence-electron chi connectivity index (χ4n) is 0.898. The Hall–Kier alpha value is -2.35. The van der Waals surface area contributed by atoms with Crippen LogP contribution in [0.5, 0.6) is 5.75 Å². The van der Waals surface area contributed by atoms with Crippen LogP contribution in [0.15, 0.2) is 18.2 Å². The molecular formula is C7H8N4O4. The maximum atomic E-state index is 10.8. The Morgan fingerprint density at radius 3 is 2.67 bits per heavy atom. The zero-order valence-corrected chi connectivity index (χ0v) is 7.43. The van der Waals surface area contributed by atoms with Crippen molar-refractivity contribution in [3.8, 4) is 5.75 Å². The molecule has 0 radical (unpaired) electrons. The van der Waals surface area contributed by atoms with Gasteiger partial charge in [0.05, 0.1) is 16.7 Å². The molecule has 0 spiro atoms. The van der Waals surface area contributed by atoms with E-state index in [1.165, 1.54) is 6.07 Å². The van der Waals surface area contributed by atoms with Crippen LogP contribution in [0.4, 0.5) is 16.2 Å². The van der Waals surface area contributed by atoms with E-state index in [-0.39, 0.29) is 11.4 Å². The lowest BCUT2D eigenvalue weighted by Crippen LogP contribution is -2.34. The topological polar surface area (TPSA) is 131 Å². The number of urea groups is 1. The maximum absolute atomic E-state index is 10.8. The zero-order valence-electron chi connectivity index (χ0n) is 7.43. The maximum Gasteiger partial charge on any atom is 0.333 e. The minimum absolute atomic E-state index is 0.0311. The summed E-state index contributed by atoms with van der Waals surface area (Å²) in [5.41, 5.74) is 1.54. The molecule has 0 atom stereocenters. The van der Waals surface area contributed by atoms with E-state index in [1.54, 1.807) is 5.43 Å². The van der Waals surface area contributed by atoms with Gasteiger partial charge in [0.25, 0.3) is 5.69 Å². The van der Waals surface area contributed by atoms with E-state index in [2.05, 4.69) is 5.32 Å². The second kappa shape index (κ2) is 4.24. The number of nitrogens with zero attached hydrogens (tertiary/aromatic N) is 1. The van der Waals surface area contributed by atoms with Gasteiger partial charge in [-0.25, -0.2) is 10.6 Å². The third-order valence-electron chi connectivity index (χ3n) is 1.57. The molecule has 8 nitrogen and oxygen atoms in total. The van der Waals surface area contributed by atoms with E-state index in [9.17, 15) is 20.0 Å². The van der Waals surface area contributed by atoms with Crippen molar-refractivity contribution >= 4 is 17.4 Å². The number of anilines is 1. The molecule has 1 aromatic rings. The first-order chi connectivity index (χ1) is 7.04. The number of non-ortho nitro benzene ring substituents is 1. The summed E-state index contributed by atoms with van der Waals surface area (Å²) in [5.74, 6) is 4.39. The lowest BCUT2D eigenvalue weighted by Gasteiger charge is -2.05. The molecule has 0 fully saturated rings. The van der Waals surface area contributed by atoms with Gasteiger partial charge in [-0.1, -0.05) is 0 Å². The average Bonchev–Trinajstić information content (AvgIpc) is 2.20. The summed E-state index contributed by atoms with van der Waals surface area (Å²) in [5, 5.41) is 21.8. The molecule has 0 aliphatic carbocycles. The standard InChI is InChI=1S/C7H8N4O4/c8-10-7(13)9-5-2-1-4(11(14)15)3-6(5)12/h1-3,12H,8H2,(H2,9,10,13). The number of nitro benzene ring substituents is 1. The van der Waals surface area contributed by atoms with Gasteiger partial charge in [-0.2, -0.15) is 0 Å². The quantitative estimate of drug-likeness (QED) is 0.184. The van der Waals surface area contributed by atoms with Crippen LogP contribution in [0.1, 0.15) is 0 Å². The van der Waals surface area contributed by atoms with Gasteiger partial charge in [0.15, 0.2) is 0 Å². The first-order valence-electron chi connectivity index (χ1n) is 3.79. The van der Waals surface area contributed by atoms with Crippen molar-refractivity contribution in [3.05, 3.63) is 28.3 Å². The molecule has 80 valence electrons. The number of rotatable bonds is 2.